The Bertz CT molecular complexity index is 194. The summed E-state index contributed by atoms with van der Waals surface area (Å²) in [7, 11) is 0. The Balaban J connectivity index is 3.85. The van der Waals surface area contributed by atoms with Crippen LogP contribution in [-0.4, -0.2) is 44.5 Å². The van der Waals surface area contributed by atoms with Gasteiger partial charge in [-0.1, -0.05) is 6.92 Å². The van der Waals surface area contributed by atoms with E-state index in [0.717, 1.165) is 6.42 Å². The Hall–Kier alpha value is -0.650. The molecule has 5 nitrogen and oxygen atoms in total. The second-order valence-electron chi connectivity index (χ2n) is 3.76. The van der Waals surface area contributed by atoms with Crippen LogP contribution in [0.1, 0.15) is 34.1 Å². The van der Waals surface area contributed by atoms with Gasteiger partial charge in [0, 0.05) is 26.3 Å². The summed E-state index contributed by atoms with van der Waals surface area (Å²) in [5.41, 5.74) is 0. The van der Waals surface area contributed by atoms with Gasteiger partial charge in [0.25, 0.3) is 0 Å². The molecule has 0 aliphatic heterocycles. The monoisotopic (exact) mass is 246 g/mol. The van der Waals surface area contributed by atoms with E-state index in [-0.39, 0.29) is 18.2 Å². The van der Waals surface area contributed by atoms with Gasteiger partial charge in [0.05, 0.1) is 6.04 Å². The largest absolute Gasteiger partial charge is 0.355 e. The average molecular weight is 246 g/mol. The Morgan fingerprint density at radius 2 is 1.76 bits per heavy atom. The zero-order valence-corrected chi connectivity index (χ0v) is 11.4. The molecule has 0 aromatic carbocycles. The standard InChI is InChI=1S/C12H26N2O3/c1-5-8-13-12(15)10(4)14-9-11(16-6-2)17-7-3/h10-11,14H,5-9H2,1-4H3,(H,13,15). The molecule has 2 N–H and O–H groups in total. The average Bonchev–Trinajstić information content (AvgIpc) is 2.33. The minimum atomic E-state index is -0.286. The highest BCUT2D eigenvalue weighted by Gasteiger charge is 2.14. The topological polar surface area (TPSA) is 59.6 Å². The first-order valence-corrected chi connectivity index (χ1v) is 6.39. The van der Waals surface area contributed by atoms with Crippen LogP contribution in [0.2, 0.25) is 0 Å². The van der Waals surface area contributed by atoms with Gasteiger partial charge >= 0.3 is 0 Å². The van der Waals surface area contributed by atoms with Gasteiger partial charge in [-0.15, -0.1) is 0 Å². The van der Waals surface area contributed by atoms with Gasteiger partial charge in [-0.05, 0) is 27.2 Å². The molecule has 0 saturated heterocycles. The molecule has 1 unspecified atom stereocenters. The lowest BCUT2D eigenvalue weighted by Gasteiger charge is -2.20. The van der Waals surface area contributed by atoms with Crippen LogP contribution < -0.4 is 10.6 Å². The van der Waals surface area contributed by atoms with Gasteiger partial charge in [-0.3, -0.25) is 4.79 Å². The lowest BCUT2D eigenvalue weighted by molar-refractivity contribution is -0.136. The van der Waals surface area contributed by atoms with Gasteiger partial charge in [0.15, 0.2) is 6.29 Å². The molecule has 0 spiro atoms. The lowest BCUT2D eigenvalue weighted by atomic mass is 10.3. The Morgan fingerprint density at radius 1 is 1.18 bits per heavy atom. The first kappa shape index (κ1) is 16.4. The molecule has 0 heterocycles. The van der Waals surface area contributed by atoms with Gasteiger partial charge < -0.3 is 20.1 Å². The van der Waals surface area contributed by atoms with E-state index < -0.39 is 0 Å². The maximum atomic E-state index is 11.6. The third kappa shape index (κ3) is 8.12. The number of rotatable bonds is 10. The van der Waals surface area contributed by atoms with E-state index in [2.05, 4.69) is 10.6 Å². The van der Waals surface area contributed by atoms with Crippen LogP contribution in [0.15, 0.2) is 0 Å². The number of nitrogens with one attached hydrogen (secondary N) is 2. The Morgan fingerprint density at radius 3 is 2.24 bits per heavy atom. The predicted molar refractivity (Wildman–Crippen MR) is 67.8 cm³/mol. The summed E-state index contributed by atoms with van der Waals surface area (Å²) in [6.07, 6.45) is 0.658. The summed E-state index contributed by atoms with van der Waals surface area (Å²) in [4.78, 5) is 11.6. The van der Waals surface area contributed by atoms with E-state index in [0.29, 0.717) is 26.3 Å². The Labute approximate surface area is 104 Å². The molecular formula is C12H26N2O3. The molecule has 1 atom stereocenters. The van der Waals surface area contributed by atoms with E-state index in [4.69, 9.17) is 9.47 Å². The minimum absolute atomic E-state index is 0.0126. The zero-order valence-electron chi connectivity index (χ0n) is 11.4. The molecule has 0 aliphatic rings. The molecule has 0 rings (SSSR count). The summed E-state index contributed by atoms with van der Waals surface area (Å²) >= 11 is 0. The van der Waals surface area contributed by atoms with Crippen LogP contribution in [0.25, 0.3) is 0 Å². The fourth-order valence-electron chi connectivity index (χ4n) is 1.30. The van der Waals surface area contributed by atoms with Crippen molar-refractivity contribution in [1.82, 2.24) is 10.6 Å². The molecule has 1 amide bonds. The zero-order chi connectivity index (χ0) is 13.1. The molecule has 17 heavy (non-hydrogen) atoms. The van der Waals surface area contributed by atoms with E-state index in [1.165, 1.54) is 0 Å². The molecule has 0 aliphatic carbocycles. The van der Waals surface area contributed by atoms with Crippen LogP contribution in [0.3, 0.4) is 0 Å². The molecule has 5 heteroatoms. The fourth-order valence-corrected chi connectivity index (χ4v) is 1.30. The first-order chi connectivity index (χ1) is 8.15. The summed E-state index contributed by atoms with van der Waals surface area (Å²) in [6.45, 7) is 10.1. The third-order valence-corrected chi connectivity index (χ3v) is 2.24. The highest BCUT2D eigenvalue weighted by atomic mass is 16.7. The number of carbonyl (C=O) groups excluding carboxylic acids is 1. The summed E-state index contributed by atoms with van der Waals surface area (Å²) in [6, 6.07) is -0.232. The molecule has 0 bridgehead atoms. The molecule has 0 radical (unpaired) electrons. The van der Waals surface area contributed by atoms with Crippen molar-refractivity contribution in [3.8, 4) is 0 Å². The van der Waals surface area contributed by atoms with Crippen LogP contribution >= 0.6 is 0 Å². The van der Waals surface area contributed by atoms with Gasteiger partial charge in [-0.2, -0.15) is 0 Å². The summed E-state index contributed by atoms with van der Waals surface area (Å²) in [5, 5.41) is 5.94. The number of hydrogen-bond donors (Lipinski definition) is 2. The highest BCUT2D eigenvalue weighted by Crippen LogP contribution is 1.94. The summed E-state index contributed by atoms with van der Waals surface area (Å²) in [5.74, 6) is 0.0126. The van der Waals surface area contributed by atoms with Gasteiger partial charge in [0.2, 0.25) is 5.91 Å². The van der Waals surface area contributed by atoms with E-state index in [9.17, 15) is 4.79 Å². The highest BCUT2D eigenvalue weighted by molar-refractivity contribution is 5.81. The SMILES string of the molecule is CCCNC(=O)C(C)NCC(OCC)OCC. The quantitative estimate of drug-likeness (QED) is 0.562. The lowest BCUT2D eigenvalue weighted by Crippen LogP contribution is -2.45. The molecule has 0 fully saturated rings. The van der Waals surface area contributed by atoms with Crippen molar-refractivity contribution < 1.29 is 14.3 Å². The normalized spacial score (nSPS) is 12.8. The van der Waals surface area contributed by atoms with Crippen molar-refractivity contribution in [1.29, 1.82) is 0 Å². The van der Waals surface area contributed by atoms with Crippen molar-refractivity contribution >= 4 is 5.91 Å². The smallest absolute Gasteiger partial charge is 0.236 e. The number of carbonyl (C=O) groups is 1. The molecule has 0 aromatic rings. The summed E-state index contributed by atoms with van der Waals surface area (Å²) < 4.78 is 10.8. The van der Waals surface area contributed by atoms with Crippen molar-refractivity contribution in [3.63, 3.8) is 0 Å². The van der Waals surface area contributed by atoms with Crippen molar-refractivity contribution in [2.75, 3.05) is 26.3 Å². The van der Waals surface area contributed by atoms with Crippen LogP contribution in [0.5, 0.6) is 0 Å². The van der Waals surface area contributed by atoms with Crippen molar-refractivity contribution in [2.24, 2.45) is 0 Å². The predicted octanol–water partition coefficient (Wildman–Crippen LogP) is 0.890. The van der Waals surface area contributed by atoms with E-state index in [1.54, 1.807) is 0 Å². The molecular weight excluding hydrogens is 220 g/mol. The molecule has 0 saturated carbocycles. The second-order valence-corrected chi connectivity index (χ2v) is 3.76. The van der Waals surface area contributed by atoms with Crippen molar-refractivity contribution in [3.05, 3.63) is 0 Å². The van der Waals surface area contributed by atoms with Gasteiger partial charge in [0.1, 0.15) is 0 Å². The molecule has 0 aromatic heterocycles. The molecule has 102 valence electrons. The fraction of sp³-hybridized carbons (Fsp3) is 0.917. The second kappa shape index (κ2) is 10.5. The van der Waals surface area contributed by atoms with Crippen LogP contribution in [0, 0.1) is 0 Å². The van der Waals surface area contributed by atoms with Crippen molar-refractivity contribution in [2.45, 2.75) is 46.4 Å². The van der Waals surface area contributed by atoms with E-state index in [1.807, 2.05) is 27.7 Å². The maximum Gasteiger partial charge on any atom is 0.236 e. The first-order valence-electron chi connectivity index (χ1n) is 6.39. The Kier molecular flexibility index (Phi) is 10.1. The van der Waals surface area contributed by atoms with Crippen LogP contribution in [-0.2, 0) is 14.3 Å². The van der Waals surface area contributed by atoms with E-state index >= 15 is 0 Å². The minimum Gasteiger partial charge on any atom is -0.355 e. The number of amides is 1. The number of hydrogen-bond acceptors (Lipinski definition) is 4. The third-order valence-electron chi connectivity index (χ3n) is 2.24. The maximum absolute atomic E-state index is 11.6. The van der Waals surface area contributed by atoms with Gasteiger partial charge in [-0.25, -0.2) is 0 Å². The number of ether oxygens (including phenoxy) is 2. The van der Waals surface area contributed by atoms with Crippen LogP contribution in [0.4, 0.5) is 0 Å².